The van der Waals surface area contributed by atoms with E-state index in [1.807, 2.05) is 44.2 Å². The van der Waals surface area contributed by atoms with Crippen molar-refractivity contribution in [3.8, 4) is 5.75 Å². The molecule has 26 heavy (non-hydrogen) atoms. The number of carbonyl (C=O) groups is 2. The van der Waals surface area contributed by atoms with Gasteiger partial charge in [-0.3, -0.25) is 20.4 Å². The summed E-state index contributed by atoms with van der Waals surface area (Å²) in [5, 5.41) is 0.815. The zero-order valence-electron chi connectivity index (χ0n) is 14.8. The second kappa shape index (κ2) is 7.31. The number of hydrazine groups is 1. The van der Waals surface area contributed by atoms with Crippen LogP contribution in [0.15, 0.2) is 52.9 Å². The van der Waals surface area contributed by atoms with Gasteiger partial charge in [-0.25, -0.2) is 0 Å². The number of aryl methyl sites for hydroxylation is 1. The van der Waals surface area contributed by atoms with Gasteiger partial charge < -0.3 is 9.15 Å². The van der Waals surface area contributed by atoms with E-state index in [-0.39, 0.29) is 5.76 Å². The molecule has 3 aromatic rings. The van der Waals surface area contributed by atoms with Crippen LogP contribution in [0.1, 0.15) is 28.6 Å². The Bertz CT molecular complexity index is 928. The molecule has 0 aliphatic carbocycles. The number of benzene rings is 2. The van der Waals surface area contributed by atoms with Crippen LogP contribution >= 0.6 is 0 Å². The molecule has 0 bridgehead atoms. The number of ether oxygens (including phenoxy) is 1. The highest BCUT2D eigenvalue weighted by molar-refractivity contribution is 5.97. The van der Waals surface area contributed by atoms with Crippen LogP contribution < -0.4 is 15.6 Å². The maximum atomic E-state index is 12.2. The molecule has 134 valence electrons. The van der Waals surface area contributed by atoms with Crippen molar-refractivity contribution in [2.24, 2.45) is 0 Å². The molecule has 0 saturated heterocycles. The van der Waals surface area contributed by atoms with Gasteiger partial charge >= 0.3 is 5.91 Å². The molecule has 1 atom stereocenters. The van der Waals surface area contributed by atoms with Crippen molar-refractivity contribution in [3.63, 3.8) is 0 Å². The summed E-state index contributed by atoms with van der Waals surface area (Å²) in [4.78, 5) is 24.3. The first-order chi connectivity index (χ1) is 12.5. The van der Waals surface area contributed by atoms with E-state index >= 15 is 0 Å². The van der Waals surface area contributed by atoms with Gasteiger partial charge in [0.05, 0.1) is 0 Å². The fraction of sp³-hybridized carbons (Fsp3) is 0.200. The molecule has 1 aromatic heterocycles. The summed E-state index contributed by atoms with van der Waals surface area (Å²) in [5.41, 5.74) is 7.35. The van der Waals surface area contributed by atoms with Gasteiger partial charge in [0, 0.05) is 5.39 Å². The first-order valence-corrected chi connectivity index (χ1v) is 8.27. The molecular weight excluding hydrogens is 332 g/mol. The van der Waals surface area contributed by atoms with Crippen LogP contribution in [0.5, 0.6) is 5.75 Å². The molecule has 0 saturated carbocycles. The summed E-state index contributed by atoms with van der Waals surface area (Å²) in [7, 11) is 0. The molecule has 0 spiro atoms. The molecule has 2 aromatic carbocycles. The molecule has 3 rings (SSSR count). The standard InChI is InChI=1S/C20H20N2O4/c1-12-7-6-10-16(13(12)2)25-14(3)19(23)21-22-20(24)18-11-15-8-4-5-9-17(15)26-18/h4-11,14H,1-3H3,(H,21,23)(H,22,24)/t14-/m1/s1. The van der Waals surface area contributed by atoms with Gasteiger partial charge in [0.1, 0.15) is 11.3 Å². The molecule has 0 fully saturated rings. The third kappa shape index (κ3) is 3.69. The third-order valence-corrected chi connectivity index (χ3v) is 4.18. The van der Waals surface area contributed by atoms with Crippen molar-refractivity contribution in [2.45, 2.75) is 26.9 Å². The Balaban J connectivity index is 1.59. The van der Waals surface area contributed by atoms with Gasteiger partial charge in [-0.2, -0.15) is 0 Å². The smallest absolute Gasteiger partial charge is 0.305 e. The summed E-state index contributed by atoms with van der Waals surface area (Å²) in [6, 6.07) is 14.5. The van der Waals surface area contributed by atoms with E-state index in [1.54, 1.807) is 25.1 Å². The lowest BCUT2D eigenvalue weighted by Crippen LogP contribution is -2.47. The number of carbonyl (C=O) groups excluding carboxylic acids is 2. The van der Waals surface area contributed by atoms with Gasteiger partial charge in [-0.1, -0.05) is 30.3 Å². The first kappa shape index (κ1) is 17.5. The van der Waals surface area contributed by atoms with Gasteiger partial charge in [0.2, 0.25) is 0 Å². The second-order valence-corrected chi connectivity index (χ2v) is 6.05. The van der Waals surface area contributed by atoms with Crippen LogP contribution in [0.25, 0.3) is 11.0 Å². The van der Waals surface area contributed by atoms with Crippen LogP contribution in [0.2, 0.25) is 0 Å². The van der Waals surface area contributed by atoms with E-state index < -0.39 is 17.9 Å². The highest BCUT2D eigenvalue weighted by Gasteiger charge is 2.18. The number of rotatable bonds is 4. The lowest BCUT2D eigenvalue weighted by Gasteiger charge is -2.17. The minimum Gasteiger partial charge on any atom is -0.481 e. The predicted octanol–water partition coefficient (Wildman–Crippen LogP) is 3.28. The van der Waals surface area contributed by atoms with Crippen molar-refractivity contribution in [3.05, 3.63) is 65.4 Å². The second-order valence-electron chi connectivity index (χ2n) is 6.05. The van der Waals surface area contributed by atoms with Crippen molar-refractivity contribution in [1.82, 2.24) is 10.9 Å². The molecule has 0 aliphatic heterocycles. The highest BCUT2D eigenvalue weighted by atomic mass is 16.5. The van der Waals surface area contributed by atoms with E-state index in [4.69, 9.17) is 9.15 Å². The van der Waals surface area contributed by atoms with E-state index in [0.29, 0.717) is 11.3 Å². The van der Waals surface area contributed by atoms with Crippen LogP contribution in [0.3, 0.4) is 0 Å². The fourth-order valence-electron chi connectivity index (χ4n) is 2.47. The van der Waals surface area contributed by atoms with Crippen LogP contribution in [0, 0.1) is 13.8 Å². The number of hydrogen-bond donors (Lipinski definition) is 2. The summed E-state index contributed by atoms with van der Waals surface area (Å²) < 4.78 is 11.1. The lowest BCUT2D eigenvalue weighted by molar-refractivity contribution is -0.128. The normalized spacial score (nSPS) is 11.8. The van der Waals surface area contributed by atoms with Gasteiger partial charge in [0.25, 0.3) is 5.91 Å². The minimum absolute atomic E-state index is 0.120. The Morgan fingerprint density at radius 2 is 1.81 bits per heavy atom. The van der Waals surface area contributed by atoms with Crippen LogP contribution in [0.4, 0.5) is 0 Å². The number of fused-ring (bicyclic) bond motifs is 1. The summed E-state index contributed by atoms with van der Waals surface area (Å²) in [5.74, 6) is -0.241. The molecular formula is C20H20N2O4. The number of nitrogens with one attached hydrogen (secondary N) is 2. The van der Waals surface area contributed by atoms with Crippen molar-refractivity contribution in [2.75, 3.05) is 0 Å². The maximum absolute atomic E-state index is 12.2. The van der Waals surface area contributed by atoms with Crippen LogP contribution in [-0.4, -0.2) is 17.9 Å². The molecule has 6 heteroatoms. The predicted molar refractivity (Wildman–Crippen MR) is 97.8 cm³/mol. The lowest BCUT2D eigenvalue weighted by atomic mass is 10.1. The average Bonchev–Trinajstić information content (AvgIpc) is 3.07. The number of furan rings is 1. The van der Waals surface area contributed by atoms with Crippen molar-refractivity contribution < 1.29 is 18.7 Å². The Morgan fingerprint density at radius 1 is 1.04 bits per heavy atom. The quantitative estimate of drug-likeness (QED) is 0.706. The summed E-state index contributed by atoms with van der Waals surface area (Å²) >= 11 is 0. The summed E-state index contributed by atoms with van der Waals surface area (Å²) in [6.45, 7) is 5.52. The highest BCUT2D eigenvalue weighted by Crippen LogP contribution is 2.22. The number of para-hydroxylation sites is 1. The Kier molecular flexibility index (Phi) is 4.93. The molecule has 2 amide bonds. The average molecular weight is 352 g/mol. The molecule has 0 aliphatic rings. The van der Waals surface area contributed by atoms with E-state index in [2.05, 4.69) is 10.9 Å². The molecule has 0 unspecified atom stereocenters. The van der Waals surface area contributed by atoms with Crippen molar-refractivity contribution in [1.29, 1.82) is 0 Å². The monoisotopic (exact) mass is 352 g/mol. The minimum atomic E-state index is -0.772. The van der Waals surface area contributed by atoms with E-state index in [1.165, 1.54) is 0 Å². The van der Waals surface area contributed by atoms with Gasteiger partial charge in [0.15, 0.2) is 11.9 Å². The number of amides is 2. The maximum Gasteiger partial charge on any atom is 0.305 e. The van der Waals surface area contributed by atoms with E-state index in [9.17, 15) is 9.59 Å². The fourth-order valence-corrected chi connectivity index (χ4v) is 2.47. The summed E-state index contributed by atoms with van der Waals surface area (Å²) in [6.07, 6.45) is -0.772. The van der Waals surface area contributed by atoms with Gasteiger partial charge in [-0.15, -0.1) is 0 Å². The van der Waals surface area contributed by atoms with Crippen molar-refractivity contribution >= 4 is 22.8 Å². The molecule has 0 radical (unpaired) electrons. The SMILES string of the molecule is Cc1cccc(O[C@H](C)C(=O)NNC(=O)c2cc3ccccc3o2)c1C. The Hall–Kier alpha value is -3.28. The zero-order valence-corrected chi connectivity index (χ0v) is 14.8. The third-order valence-electron chi connectivity index (χ3n) is 4.18. The zero-order chi connectivity index (χ0) is 18.7. The topological polar surface area (TPSA) is 80.6 Å². The number of hydrogen-bond acceptors (Lipinski definition) is 4. The molecule has 1 heterocycles. The Labute approximate surface area is 151 Å². The molecule has 2 N–H and O–H groups in total. The Morgan fingerprint density at radius 3 is 2.58 bits per heavy atom. The largest absolute Gasteiger partial charge is 0.481 e. The molecule has 6 nitrogen and oxygen atoms in total. The van der Waals surface area contributed by atoms with E-state index in [0.717, 1.165) is 16.5 Å². The van der Waals surface area contributed by atoms with Crippen LogP contribution in [-0.2, 0) is 4.79 Å². The first-order valence-electron chi connectivity index (χ1n) is 8.27. The van der Waals surface area contributed by atoms with Gasteiger partial charge in [-0.05, 0) is 50.1 Å².